The molecule has 0 aromatic carbocycles. The van der Waals surface area contributed by atoms with Gasteiger partial charge in [0.15, 0.2) is 0 Å². The van der Waals surface area contributed by atoms with Crippen molar-refractivity contribution in [1.29, 1.82) is 0 Å². The smallest absolute Gasteiger partial charge is 0.477 e. The first-order chi connectivity index (χ1) is 11.7. The Bertz CT molecular complexity index is 514. The van der Waals surface area contributed by atoms with Crippen LogP contribution >= 0.6 is 0 Å². The van der Waals surface area contributed by atoms with Crippen molar-refractivity contribution in [3.63, 3.8) is 0 Å². The number of aliphatic carboxylic acids is 1. The Morgan fingerprint density at radius 1 is 0.963 bits per heavy atom. The zero-order chi connectivity index (χ0) is 21.0. The van der Waals surface area contributed by atoms with E-state index in [1.807, 2.05) is 0 Å². The van der Waals surface area contributed by atoms with Gasteiger partial charge in [0.2, 0.25) is 0 Å². The predicted octanol–water partition coefficient (Wildman–Crippen LogP) is 1.70. The molecule has 1 radical (unpaired) electrons. The number of rotatable bonds is 11. The van der Waals surface area contributed by atoms with Gasteiger partial charge in [0.1, 0.15) is 0 Å². The van der Waals surface area contributed by atoms with Crippen molar-refractivity contribution in [2.24, 2.45) is 0 Å². The third-order valence-corrected chi connectivity index (χ3v) is 6.41. The first-order valence-corrected chi connectivity index (χ1v) is 8.88. The van der Waals surface area contributed by atoms with Crippen molar-refractivity contribution in [2.75, 3.05) is 34.9 Å². The average molecular weight is 523 g/mol. The fraction of sp³-hybridized carbons (Fsp3) is 0.833. The van der Waals surface area contributed by atoms with Crippen molar-refractivity contribution in [2.45, 2.75) is 30.2 Å². The minimum absolute atomic E-state index is 0. The Kier molecular flexibility index (Phi) is 10.8. The molecule has 1 N–H and O–H groups in total. The monoisotopic (exact) mass is 522 g/mol. The normalized spacial score (nSPS) is 13.1. The number of hydrogen-bond donors (Lipinski definition) is 1. The van der Waals surface area contributed by atoms with Gasteiger partial charge >= 0.3 is 32.5 Å². The fourth-order valence-corrected chi connectivity index (χ4v) is 3.60. The molecule has 0 fully saturated rings. The van der Waals surface area contributed by atoms with Gasteiger partial charge in [-0.25, -0.2) is 4.79 Å². The molecule has 15 heteroatoms. The first kappa shape index (κ1) is 28.6. The Balaban J connectivity index is 0. The van der Waals surface area contributed by atoms with Crippen LogP contribution in [0.1, 0.15) is 6.42 Å². The van der Waals surface area contributed by atoms with E-state index >= 15 is 0 Å². The van der Waals surface area contributed by atoms with E-state index in [2.05, 4.69) is 0 Å². The van der Waals surface area contributed by atoms with Crippen LogP contribution in [0.5, 0.6) is 0 Å². The number of alkyl halides is 6. The summed E-state index contributed by atoms with van der Waals surface area (Å²) in [7, 11) is 1.35. The van der Waals surface area contributed by atoms with Gasteiger partial charge in [-0.1, -0.05) is 0 Å². The topological polar surface area (TPSA) is 85.3 Å². The number of halogens is 6. The minimum atomic E-state index is -6.43. The SMILES string of the molecule is CO[Si](CCCN(C)C(=O)C(F)(F)C(F)(F)C(F)(F)C(=O)O)(OC)OC.[Ag]. The van der Waals surface area contributed by atoms with Crippen LogP contribution < -0.4 is 0 Å². The van der Waals surface area contributed by atoms with E-state index in [0.29, 0.717) is 7.05 Å². The van der Waals surface area contributed by atoms with Gasteiger partial charge in [0.05, 0.1) is 0 Å². The fourth-order valence-electron chi connectivity index (χ4n) is 1.90. The standard InChI is InChI=1S/C12H19F6NO6Si.Ag/c1-19(6-5-7-26(23-2,24-3)25-4)8(20)10(13,14)12(17,18)11(15,16)9(21)22;/h5-7H2,1-4H3,(H,21,22);. The summed E-state index contributed by atoms with van der Waals surface area (Å²) in [5, 5.41) is 8.05. The Morgan fingerprint density at radius 3 is 1.70 bits per heavy atom. The van der Waals surface area contributed by atoms with E-state index in [1.165, 1.54) is 21.3 Å². The molecule has 0 unspecified atom stereocenters. The van der Waals surface area contributed by atoms with Crippen LogP contribution in [0.25, 0.3) is 0 Å². The van der Waals surface area contributed by atoms with Crippen molar-refractivity contribution in [3.05, 3.63) is 0 Å². The molecule has 0 saturated carbocycles. The Hall–Kier alpha value is -0.643. The minimum Gasteiger partial charge on any atom is -0.477 e. The second-order valence-electron chi connectivity index (χ2n) is 5.15. The van der Waals surface area contributed by atoms with Crippen molar-refractivity contribution < 1.29 is 76.7 Å². The maximum absolute atomic E-state index is 13.6. The summed E-state index contributed by atoms with van der Waals surface area (Å²) in [5.74, 6) is -24.6. The number of carbonyl (C=O) groups excluding carboxylic acids is 1. The summed E-state index contributed by atoms with van der Waals surface area (Å²) in [6, 6.07) is 0.0152. The molecule has 0 aliphatic carbocycles. The summed E-state index contributed by atoms with van der Waals surface area (Å²) >= 11 is 0. The summed E-state index contributed by atoms with van der Waals surface area (Å²) in [6.07, 6.45) is -0.0963. The molecule has 0 aromatic rings. The van der Waals surface area contributed by atoms with Gasteiger partial charge < -0.3 is 23.3 Å². The van der Waals surface area contributed by atoms with E-state index in [9.17, 15) is 35.9 Å². The van der Waals surface area contributed by atoms with Gasteiger partial charge in [0, 0.05) is 63.3 Å². The van der Waals surface area contributed by atoms with Crippen LogP contribution in [-0.4, -0.2) is 83.4 Å². The van der Waals surface area contributed by atoms with Crippen LogP contribution in [0.4, 0.5) is 26.3 Å². The number of nitrogens with zero attached hydrogens (tertiary/aromatic N) is 1. The zero-order valence-corrected chi connectivity index (χ0v) is 17.1. The number of carboxylic acid groups (broad SMARTS) is 1. The van der Waals surface area contributed by atoms with Gasteiger partial charge in [-0.2, -0.15) is 26.3 Å². The summed E-state index contributed by atoms with van der Waals surface area (Å²) in [4.78, 5) is 21.8. The maximum Gasteiger partial charge on any atom is 0.500 e. The molecule has 0 heterocycles. The molecule has 0 spiro atoms. The Morgan fingerprint density at radius 2 is 1.37 bits per heavy atom. The predicted molar refractivity (Wildman–Crippen MR) is 76.3 cm³/mol. The molecule has 0 aliphatic rings. The second kappa shape index (κ2) is 10.2. The number of carboxylic acids is 1. The van der Waals surface area contributed by atoms with Crippen molar-refractivity contribution in [3.8, 4) is 0 Å². The molecule has 0 atom stereocenters. The molecular formula is C12H19AgF6NO6Si. The molecular weight excluding hydrogens is 504 g/mol. The molecule has 27 heavy (non-hydrogen) atoms. The van der Waals surface area contributed by atoms with Gasteiger partial charge in [-0.15, -0.1) is 0 Å². The average Bonchev–Trinajstić information content (AvgIpc) is 2.57. The van der Waals surface area contributed by atoms with Crippen LogP contribution in [-0.2, 0) is 45.2 Å². The summed E-state index contributed by atoms with van der Waals surface area (Å²) < 4.78 is 94.9. The van der Waals surface area contributed by atoms with Crippen LogP contribution in [0.15, 0.2) is 0 Å². The van der Waals surface area contributed by atoms with E-state index < -0.39 is 45.0 Å². The number of carbonyl (C=O) groups is 2. The van der Waals surface area contributed by atoms with Gasteiger partial charge in [0.25, 0.3) is 5.91 Å². The van der Waals surface area contributed by atoms with Crippen LogP contribution in [0.3, 0.4) is 0 Å². The molecule has 165 valence electrons. The largest absolute Gasteiger partial charge is 0.500 e. The third-order valence-electron chi connectivity index (χ3n) is 3.58. The second-order valence-corrected chi connectivity index (χ2v) is 8.24. The quantitative estimate of drug-likeness (QED) is 0.328. The maximum atomic E-state index is 13.6. The molecule has 0 aliphatic heterocycles. The summed E-state index contributed by atoms with van der Waals surface area (Å²) in [6.45, 7) is -0.548. The van der Waals surface area contributed by atoms with E-state index in [1.54, 1.807) is 0 Å². The molecule has 1 amide bonds. The summed E-state index contributed by atoms with van der Waals surface area (Å²) in [5.41, 5.74) is 0. The Labute approximate surface area is 167 Å². The van der Waals surface area contributed by atoms with Crippen LogP contribution in [0.2, 0.25) is 6.04 Å². The molecule has 0 saturated heterocycles. The van der Waals surface area contributed by atoms with E-state index in [0.717, 1.165) is 0 Å². The first-order valence-electron chi connectivity index (χ1n) is 6.94. The van der Waals surface area contributed by atoms with Gasteiger partial charge in [-0.05, 0) is 6.42 Å². The van der Waals surface area contributed by atoms with E-state index in [-0.39, 0.29) is 39.7 Å². The van der Waals surface area contributed by atoms with Crippen molar-refractivity contribution >= 4 is 20.7 Å². The third kappa shape index (κ3) is 5.68. The zero-order valence-electron chi connectivity index (χ0n) is 14.6. The molecule has 0 rings (SSSR count). The number of hydrogen-bond acceptors (Lipinski definition) is 5. The molecule has 0 bridgehead atoms. The van der Waals surface area contributed by atoms with Gasteiger partial charge in [-0.3, -0.25) is 4.79 Å². The van der Waals surface area contributed by atoms with Crippen molar-refractivity contribution in [1.82, 2.24) is 4.90 Å². The van der Waals surface area contributed by atoms with E-state index in [4.69, 9.17) is 18.4 Å². The van der Waals surface area contributed by atoms with Crippen LogP contribution in [0, 0.1) is 0 Å². The number of amides is 1. The molecule has 0 aromatic heterocycles. The molecule has 7 nitrogen and oxygen atoms in total.